The van der Waals surface area contributed by atoms with Crippen molar-refractivity contribution in [2.75, 3.05) is 5.32 Å². The minimum absolute atomic E-state index is 0.0956. The molecule has 3 aromatic rings. The van der Waals surface area contributed by atoms with Crippen LogP contribution in [0.15, 0.2) is 46.9 Å². The Morgan fingerprint density at radius 3 is 2.72 bits per heavy atom. The van der Waals surface area contributed by atoms with Crippen LogP contribution in [0, 0.1) is 0 Å². The Labute approximate surface area is 155 Å². The van der Waals surface area contributed by atoms with Crippen LogP contribution in [0.1, 0.15) is 19.8 Å². The zero-order valence-electron chi connectivity index (χ0n) is 13.5. The molecule has 0 aliphatic rings. The minimum atomic E-state index is -0.0956. The minimum Gasteiger partial charge on any atom is -0.436 e. The molecule has 0 unspecified atom stereocenters. The van der Waals surface area contributed by atoms with Crippen LogP contribution in [-0.2, 0) is 4.79 Å². The number of nitrogens with zero attached hydrogens (tertiary/aromatic N) is 1. The monoisotopic (exact) mass is 373 g/mol. The van der Waals surface area contributed by atoms with E-state index in [4.69, 9.17) is 28.2 Å². The first-order valence-corrected chi connectivity index (χ1v) is 8.61. The van der Waals surface area contributed by atoms with E-state index >= 15 is 0 Å². The fourth-order valence-corrected chi connectivity index (χ4v) is 2.70. The Morgan fingerprint density at radius 2 is 2.00 bits per heavy atom. The molecule has 1 heterocycles. The first-order chi connectivity index (χ1) is 12.0. The van der Waals surface area contributed by atoms with Crippen LogP contribution in [0.5, 0.6) is 0 Å². The van der Waals surface area contributed by atoms with E-state index in [2.05, 4.69) is 15.6 Å². The second-order valence-electron chi connectivity index (χ2n) is 5.46. The van der Waals surface area contributed by atoms with Crippen molar-refractivity contribution in [1.29, 1.82) is 0 Å². The molecule has 0 saturated carbocycles. The molecular formula is C18H16ClN3O2S. The predicted molar refractivity (Wildman–Crippen MR) is 104 cm³/mol. The van der Waals surface area contributed by atoms with Gasteiger partial charge in [0.15, 0.2) is 10.7 Å². The van der Waals surface area contributed by atoms with Crippen molar-refractivity contribution in [2.45, 2.75) is 19.8 Å². The van der Waals surface area contributed by atoms with Crippen LogP contribution in [0.3, 0.4) is 0 Å². The van der Waals surface area contributed by atoms with Gasteiger partial charge in [-0.25, -0.2) is 4.98 Å². The lowest BCUT2D eigenvalue weighted by Gasteiger charge is -2.09. The zero-order chi connectivity index (χ0) is 17.8. The van der Waals surface area contributed by atoms with Gasteiger partial charge in [0, 0.05) is 22.7 Å². The molecule has 0 spiro atoms. The van der Waals surface area contributed by atoms with Gasteiger partial charge in [0.2, 0.25) is 11.8 Å². The quantitative estimate of drug-likeness (QED) is 0.645. The van der Waals surface area contributed by atoms with E-state index in [0.29, 0.717) is 28.4 Å². The van der Waals surface area contributed by atoms with Crippen molar-refractivity contribution in [2.24, 2.45) is 0 Å². The summed E-state index contributed by atoms with van der Waals surface area (Å²) >= 11 is 11.1. The number of benzene rings is 2. The third-order valence-corrected chi connectivity index (χ3v) is 3.91. The maximum absolute atomic E-state index is 11.5. The van der Waals surface area contributed by atoms with E-state index < -0.39 is 0 Å². The Hall–Kier alpha value is -2.44. The van der Waals surface area contributed by atoms with Gasteiger partial charge in [-0.15, -0.1) is 0 Å². The van der Waals surface area contributed by atoms with E-state index in [9.17, 15) is 4.79 Å². The van der Waals surface area contributed by atoms with Gasteiger partial charge in [-0.3, -0.25) is 4.79 Å². The van der Waals surface area contributed by atoms with E-state index in [0.717, 1.165) is 17.7 Å². The summed E-state index contributed by atoms with van der Waals surface area (Å²) in [6.45, 7) is 1.94. The van der Waals surface area contributed by atoms with Crippen LogP contribution < -0.4 is 10.6 Å². The smallest absolute Gasteiger partial charge is 0.227 e. The molecular weight excluding hydrogens is 358 g/mol. The summed E-state index contributed by atoms with van der Waals surface area (Å²) in [5, 5.41) is 6.51. The number of oxazole rings is 1. The van der Waals surface area contributed by atoms with Crippen LogP contribution in [0.4, 0.5) is 5.69 Å². The third-order valence-electron chi connectivity index (χ3n) is 3.47. The molecule has 2 N–H and O–H groups in total. The summed E-state index contributed by atoms with van der Waals surface area (Å²) in [7, 11) is 0. The molecule has 0 atom stereocenters. The van der Waals surface area contributed by atoms with Crippen LogP contribution in [0.25, 0.3) is 22.6 Å². The highest BCUT2D eigenvalue weighted by molar-refractivity contribution is 7.80. The molecule has 7 heteroatoms. The number of hydrogen-bond donors (Lipinski definition) is 2. The molecule has 2 aromatic carbocycles. The Bertz CT molecular complexity index is 922. The number of carbonyl (C=O) groups excluding carboxylic acids is 1. The summed E-state index contributed by atoms with van der Waals surface area (Å²) in [6, 6.07) is 12.7. The summed E-state index contributed by atoms with van der Waals surface area (Å²) in [4.78, 5) is 16.0. The topological polar surface area (TPSA) is 67.2 Å². The Morgan fingerprint density at radius 1 is 1.24 bits per heavy atom. The van der Waals surface area contributed by atoms with Gasteiger partial charge in [-0.2, -0.15) is 0 Å². The van der Waals surface area contributed by atoms with Crippen molar-refractivity contribution >= 4 is 51.6 Å². The SMILES string of the molecule is CCCC(=O)NC(=S)Nc1ccc(-c2nc3cc(Cl)ccc3o2)cc1. The summed E-state index contributed by atoms with van der Waals surface area (Å²) in [6.07, 6.45) is 1.22. The number of fused-ring (bicyclic) bond motifs is 1. The number of thiocarbonyl (C=S) groups is 1. The van der Waals surface area contributed by atoms with E-state index in [1.54, 1.807) is 18.2 Å². The van der Waals surface area contributed by atoms with Gasteiger partial charge in [0.05, 0.1) is 0 Å². The molecule has 3 rings (SSSR count). The van der Waals surface area contributed by atoms with E-state index in [1.165, 1.54) is 0 Å². The number of carbonyl (C=O) groups is 1. The second kappa shape index (κ2) is 7.63. The molecule has 0 radical (unpaired) electrons. The summed E-state index contributed by atoms with van der Waals surface area (Å²) < 4.78 is 5.74. The average Bonchev–Trinajstić information content (AvgIpc) is 2.98. The van der Waals surface area contributed by atoms with Crippen molar-refractivity contribution in [3.05, 3.63) is 47.5 Å². The number of aromatic nitrogens is 1. The lowest BCUT2D eigenvalue weighted by atomic mass is 10.2. The standard InChI is InChI=1S/C18H16ClN3O2S/c1-2-3-16(23)22-18(25)20-13-7-4-11(5-8-13)17-21-14-10-12(19)6-9-15(14)24-17/h4-10H,2-3H2,1H3,(H2,20,22,23,25). The van der Waals surface area contributed by atoms with Gasteiger partial charge in [-0.05, 0) is 61.1 Å². The maximum atomic E-state index is 11.5. The average molecular weight is 374 g/mol. The van der Waals surface area contributed by atoms with Gasteiger partial charge in [0.1, 0.15) is 5.52 Å². The first-order valence-electron chi connectivity index (χ1n) is 7.82. The number of hydrogen-bond acceptors (Lipinski definition) is 4. The lowest BCUT2D eigenvalue weighted by molar-refractivity contribution is -0.119. The van der Waals surface area contributed by atoms with Crippen molar-refractivity contribution in [3.63, 3.8) is 0 Å². The van der Waals surface area contributed by atoms with Crippen LogP contribution >= 0.6 is 23.8 Å². The molecule has 1 aromatic heterocycles. The summed E-state index contributed by atoms with van der Waals surface area (Å²) in [5.74, 6) is 0.421. The number of nitrogens with one attached hydrogen (secondary N) is 2. The van der Waals surface area contributed by atoms with Gasteiger partial charge >= 0.3 is 0 Å². The second-order valence-corrected chi connectivity index (χ2v) is 6.31. The zero-order valence-corrected chi connectivity index (χ0v) is 15.1. The van der Waals surface area contributed by atoms with Gasteiger partial charge < -0.3 is 15.1 Å². The molecule has 0 bridgehead atoms. The third kappa shape index (κ3) is 4.35. The highest BCUT2D eigenvalue weighted by atomic mass is 35.5. The predicted octanol–water partition coefficient (Wildman–Crippen LogP) is 4.76. The largest absolute Gasteiger partial charge is 0.436 e. The molecule has 0 aliphatic heterocycles. The fraction of sp³-hybridized carbons (Fsp3) is 0.167. The van der Waals surface area contributed by atoms with E-state index in [-0.39, 0.29) is 11.0 Å². The highest BCUT2D eigenvalue weighted by Gasteiger charge is 2.09. The van der Waals surface area contributed by atoms with Gasteiger partial charge in [0.25, 0.3) is 0 Å². The Balaban J connectivity index is 1.71. The first kappa shape index (κ1) is 17.4. The van der Waals surface area contributed by atoms with Crippen molar-refractivity contribution < 1.29 is 9.21 Å². The Kier molecular flexibility index (Phi) is 5.31. The van der Waals surface area contributed by atoms with Crippen molar-refractivity contribution in [1.82, 2.24) is 10.3 Å². The molecule has 0 saturated heterocycles. The number of halogens is 1. The molecule has 0 aliphatic carbocycles. The molecule has 1 amide bonds. The number of anilines is 1. The van der Waals surface area contributed by atoms with E-state index in [1.807, 2.05) is 31.2 Å². The molecule has 0 fully saturated rings. The van der Waals surface area contributed by atoms with Crippen LogP contribution in [0.2, 0.25) is 5.02 Å². The van der Waals surface area contributed by atoms with Gasteiger partial charge in [-0.1, -0.05) is 18.5 Å². The van der Waals surface area contributed by atoms with Crippen molar-refractivity contribution in [3.8, 4) is 11.5 Å². The maximum Gasteiger partial charge on any atom is 0.227 e. The highest BCUT2D eigenvalue weighted by Crippen LogP contribution is 2.27. The summed E-state index contributed by atoms with van der Waals surface area (Å²) in [5.41, 5.74) is 2.99. The number of rotatable bonds is 4. The number of amides is 1. The molecule has 25 heavy (non-hydrogen) atoms. The normalized spacial score (nSPS) is 10.6. The van der Waals surface area contributed by atoms with Crippen LogP contribution in [-0.4, -0.2) is 16.0 Å². The fourth-order valence-electron chi connectivity index (χ4n) is 2.30. The molecule has 128 valence electrons. The lowest BCUT2D eigenvalue weighted by Crippen LogP contribution is -2.33. The molecule has 5 nitrogen and oxygen atoms in total.